The molecule has 1 atom stereocenters. The lowest BCUT2D eigenvalue weighted by atomic mass is 9.94. The number of hydrogen-bond donors (Lipinski definition) is 1. The minimum absolute atomic E-state index is 0.427. The van der Waals surface area contributed by atoms with Crippen molar-refractivity contribution in [2.75, 3.05) is 32.8 Å². The molecule has 5 nitrogen and oxygen atoms in total. The number of imidazole rings is 1. The fourth-order valence-corrected chi connectivity index (χ4v) is 5.61. The summed E-state index contributed by atoms with van der Waals surface area (Å²) in [6.45, 7) is 9.09. The first kappa shape index (κ1) is 21.3. The van der Waals surface area contributed by atoms with E-state index in [0.29, 0.717) is 6.10 Å². The van der Waals surface area contributed by atoms with Gasteiger partial charge in [0, 0.05) is 50.6 Å². The molecule has 3 fully saturated rings. The molecule has 0 amide bonds. The Bertz CT molecular complexity index is 583. The molecule has 2 saturated heterocycles. The van der Waals surface area contributed by atoms with Gasteiger partial charge >= 0.3 is 0 Å². The molecule has 1 aromatic rings. The Hall–Kier alpha value is -0.910. The molecule has 0 spiro atoms. The summed E-state index contributed by atoms with van der Waals surface area (Å²) < 4.78 is 5.98. The summed E-state index contributed by atoms with van der Waals surface area (Å²) in [7, 11) is 0. The van der Waals surface area contributed by atoms with Gasteiger partial charge in [-0.25, -0.2) is 4.98 Å². The summed E-state index contributed by atoms with van der Waals surface area (Å²) in [4.78, 5) is 13.7. The van der Waals surface area contributed by atoms with E-state index >= 15 is 0 Å². The molecular weight excluding hydrogens is 360 g/mol. The third-order valence-corrected chi connectivity index (χ3v) is 7.33. The van der Waals surface area contributed by atoms with E-state index in [1.165, 1.54) is 89.5 Å². The molecule has 0 radical (unpaired) electrons. The van der Waals surface area contributed by atoms with Crippen LogP contribution in [0.25, 0.3) is 0 Å². The summed E-state index contributed by atoms with van der Waals surface area (Å²) in [5.74, 6) is 1.99. The maximum absolute atomic E-state index is 5.98. The zero-order valence-electron chi connectivity index (χ0n) is 18.6. The summed E-state index contributed by atoms with van der Waals surface area (Å²) >= 11 is 0. The average Bonchev–Trinajstić information content (AvgIpc) is 3.50. The van der Waals surface area contributed by atoms with Gasteiger partial charge in [0.25, 0.3) is 0 Å². The number of hydrogen-bond acceptors (Lipinski definition) is 4. The van der Waals surface area contributed by atoms with E-state index in [2.05, 4.69) is 32.9 Å². The molecule has 1 saturated carbocycles. The fraction of sp³-hybridized carbons (Fsp3) is 0.875. The van der Waals surface area contributed by atoms with Crippen molar-refractivity contribution in [2.24, 2.45) is 5.92 Å². The van der Waals surface area contributed by atoms with Crippen molar-refractivity contribution in [3.63, 3.8) is 0 Å². The zero-order valence-corrected chi connectivity index (χ0v) is 18.6. The topological polar surface area (TPSA) is 44.4 Å². The van der Waals surface area contributed by atoms with Crippen LogP contribution in [0.3, 0.4) is 0 Å². The Labute approximate surface area is 177 Å². The molecule has 3 heterocycles. The predicted octanol–water partition coefficient (Wildman–Crippen LogP) is 4.39. The monoisotopic (exact) mass is 402 g/mol. The molecule has 1 N–H and O–H groups in total. The quantitative estimate of drug-likeness (QED) is 0.630. The highest BCUT2D eigenvalue weighted by molar-refractivity contribution is 5.02. The number of nitrogens with one attached hydrogen (secondary N) is 1. The van der Waals surface area contributed by atoms with E-state index in [1.807, 2.05) is 0 Å². The van der Waals surface area contributed by atoms with Gasteiger partial charge in [-0.05, 0) is 64.0 Å². The van der Waals surface area contributed by atoms with Gasteiger partial charge in [-0.1, -0.05) is 26.2 Å². The van der Waals surface area contributed by atoms with E-state index in [9.17, 15) is 0 Å². The Morgan fingerprint density at radius 2 is 1.93 bits per heavy atom. The van der Waals surface area contributed by atoms with Crippen molar-refractivity contribution in [3.05, 3.63) is 17.7 Å². The molecular formula is C24H42N4O. The van der Waals surface area contributed by atoms with E-state index < -0.39 is 0 Å². The zero-order chi connectivity index (χ0) is 19.9. The van der Waals surface area contributed by atoms with Gasteiger partial charge in [0.15, 0.2) is 0 Å². The number of likely N-dealkylation sites (tertiary alicyclic amines) is 1. The van der Waals surface area contributed by atoms with Gasteiger partial charge in [0.2, 0.25) is 0 Å². The molecule has 0 bridgehead atoms. The molecule has 1 aromatic heterocycles. The summed E-state index contributed by atoms with van der Waals surface area (Å²) in [5.41, 5.74) is 1.28. The molecule has 164 valence electrons. The highest BCUT2D eigenvalue weighted by atomic mass is 16.5. The Kier molecular flexibility index (Phi) is 8.03. The van der Waals surface area contributed by atoms with Crippen LogP contribution in [0.1, 0.15) is 82.7 Å². The first-order chi connectivity index (χ1) is 14.3. The lowest BCUT2D eigenvalue weighted by Crippen LogP contribution is -2.43. The summed E-state index contributed by atoms with van der Waals surface area (Å²) in [6, 6.07) is 0.894. The number of H-pyrrole nitrogens is 1. The number of unbranched alkanes of at least 4 members (excludes halogenated alkanes) is 1. The highest BCUT2D eigenvalue weighted by Crippen LogP contribution is 2.28. The van der Waals surface area contributed by atoms with Crippen LogP contribution >= 0.6 is 0 Å². The van der Waals surface area contributed by atoms with Crippen LogP contribution in [-0.2, 0) is 17.7 Å². The first-order valence-electron chi connectivity index (χ1n) is 12.4. The number of rotatable bonds is 10. The van der Waals surface area contributed by atoms with Gasteiger partial charge < -0.3 is 14.6 Å². The molecule has 1 aliphatic carbocycles. The number of piperidine rings is 1. The van der Waals surface area contributed by atoms with Crippen LogP contribution in [0.4, 0.5) is 0 Å². The second kappa shape index (κ2) is 10.9. The predicted molar refractivity (Wildman–Crippen MR) is 118 cm³/mol. The van der Waals surface area contributed by atoms with Crippen molar-refractivity contribution in [1.82, 2.24) is 19.8 Å². The fourth-order valence-electron chi connectivity index (χ4n) is 5.61. The van der Waals surface area contributed by atoms with E-state index in [0.717, 1.165) is 43.9 Å². The molecule has 4 rings (SSSR count). The number of ether oxygens (including phenoxy) is 1. The van der Waals surface area contributed by atoms with Crippen molar-refractivity contribution >= 4 is 0 Å². The molecule has 3 aliphatic rings. The Balaban J connectivity index is 1.30. The van der Waals surface area contributed by atoms with Crippen LogP contribution in [0.15, 0.2) is 6.20 Å². The molecule has 5 heteroatoms. The second-order valence-corrected chi connectivity index (χ2v) is 9.71. The maximum Gasteiger partial charge on any atom is 0.106 e. The normalized spacial score (nSPS) is 24.8. The third-order valence-electron chi connectivity index (χ3n) is 7.33. The Morgan fingerprint density at radius 3 is 2.66 bits per heavy atom. The smallest absolute Gasteiger partial charge is 0.106 e. The maximum atomic E-state index is 5.98. The lowest BCUT2D eigenvalue weighted by Gasteiger charge is -2.38. The minimum Gasteiger partial charge on any atom is -0.377 e. The van der Waals surface area contributed by atoms with E-state index in [1.54, 1.807) is 0 Å². The standard InChI is InChI=1S/C24H42N4O/c1-2-3-10-24-25-16-21(26-24)18-27(19-23-9-6-15-29-23)17-20-11-13-28(14-12-20)22-7-4-5-8-22/h16,20,22-23H,2-15,17-19H2,1H3,(H,25,26). The van der Waals surface area contributed by atoms with Crippen LogP contribution < -0.4 is 0 Å². The number of aromatic nitrogens is 2. The lowest BCUT2D eigenvalue weighted by molar-refractivity contribution is 0.0536. The van der Waals surface area contributed by atoms with Crippen LogP contribution in [0, 0.1) is 5.92 Å². The SMILES string of the molecule is CCCCc1ncc(CN(CC2CCN(C3CCCC3)CC2)CC2CCCO2)[nH]1. The first-order valence-corrected chi connectivity index (χ1v) is 12.4. The number of aromatic amines is 1. The average molecular weight is 403 g/mol. The van der Waals surface area contributed by atoms with E-state index in [-0.39, 0.29) is 0 Å². The van der Waals surface area contributed by atoms with Gasteiger partial charge in [0.1, 0.15) is 5.82 Å². The van der Waals surface area contributed by atoms with Crippen molar-refractivity contribution in [2.45, 2.75) is 96.2 Å². The van der Waals surface area contributed by atoms with Crippen molar-refractivity contribution in [3.8, 4) is 0 Å². The number of aryl methyl sites for hydroxylation is 1. The van der Waals surface area contributed by atoms with Crippen LogP contribution in [0.2, 0.25) is 0 Å². The minimum atomic E-state index is 0.427. The summed E-state index contributed by atoms with van der Waals surface area (Å²) in [5, 5.41) is 0. The molecule has 29 heavy (non-hydrogen) atoms. The third kappa shape index (κ3) is 6.28. The van der Waals surface area contributed by atoms with Crippen LogP contribution in [0.5, 0.6) is 0 Å². The Morgan fingerprint density at radius 1 is 1.10 bits per heavy atom. The van der Waals surface area contributed by atoms with Gasteiger partial charge in [0.05, 0.1) is 6.10 Å². The molecule has 2 aliphatic heterocycles. The number of nitrogens with zero attached hydrogens (tertiary/aromatic N) is 3. The molecule has 1 unspecified atom stereocenters. The van der Waals surface area contributed by atoms with Crippen molar-refractivity contribution in [1.29, 1.82) is 0 Å². The van der Waals surface area contributed by atoms with Gasteiger partial charge in [-0.15, -0.1) is 0 Å². The molecule has 0 aromatic carbocycles. The highest BCUT2D eigenvalue weighted by Gasteiger charge is 2.29. The van der Waals surface area contributed by atoms with Crippen LogP contribution in [-0.4, -0.2) is 64.7 Å². The van der Waals surface area contributed by atoms with Crippen molar-refractivity contribution < 1.29 is 4.74 Å². The van der Waals surface area contributed by atoms with E-state index in [4.69, 9.17) is 4.74 Å². The summed E-state index contributed by atoms with van der Waals surface area (Å²) in [6.07, 6.45) is 17.0. The largest absolute Gasteiger partial charge is 0.377 e. The van der Waals surface area contributed by atoms with Gasteiger partial charge in [-0.3, -0.25) is 4.90 Å². The second-order valence-electron chi connectivity index (χ2n) is 9.71. The van der Waals surface area contributed by atoms with Gasteiger partial charge in [-0.2, -0.15) is 0 Å².